The molecule has 0 saturated heterocycles. The standard InChI is InChI=1S/C21H21N5O7/c1-31-14-8-11(9-15(32-2)18(14)33-3)19(28)22-10-16(27)23-26-21(30)17-12-6-4-5-7-13(12)20(29)25-24-17/h4-9H,10H2,1-3H3,(H,22,28)(H,23,27)(H,25,29)(H,26,30). The number of carbonyl (C=O) groups excluding carboxylic acids is 3. The van der Waals surface area contributed by atoms with Gasteiger partial charge in [0.05, 0.1) is 33.3 Å². The Balaban J connectivity index is 1.61. The average Bonchev–Trinajstić information content (AvgIpc) is 2.85. The largest absolute Gasteiger partial charge is 0.493 e. The molecule has 3 aromatic rings. The van der Waals surface area contributed by atoms with Crippen LogP contribution in [0, 0.1) is 0 Å². The van der Waals surface area contributed by atoms with Gasteiger partial charge in [0.15, 0.2) is 17.2 Å². The summed E-state index contributed by atoms with van der Waals surface area (Å²) < 4.78 is 15.6. The number of H-pyrrole nitrogens is 1. The van der Waals surface area contributed by atoms with E-state index < -0.39 is 29.8 Å². The van der Waals surface area contributed by atoms with Crippen LogP contribution < -0.4 is 35.9 Å². The molecule has 3 rings (SSSR count). The first kappa shape index (κ1) is 23.1. The Morgan fingerprint density at radius 1 is 0.909 bits per heavy atom. The first-order valence-corrected chi connectivity index (χ1v) is 9.54. The maximum atomic E-state index is 12.4. The van der Waals surface area contributed by atoms with Crippen molar-refractivity contribution in [2.45, 2.75) is 0 Å². The molecule has 33 heavy (non-hydrogen) atoms. The van der Waals surface area contributed by atoms with Gasteiger partial charge in [0.25, 0.3) is 23.3 Å². The van der Waals surface area contributed by atoms with Crippen molar-refractivity contribution in [1.82, 2.24) is 26.4 Å². The van der Waals surface area contributed by atoms with Crippen molar-refractivity contribution in [3.05, 3.63) is 58.0 Å². The zero-order valence-electron chi connectivity index (χ0n) is 18.0. The lowest BCUT2D eigenvalue weighted by Gasteiger charge is -2.14. The van der Waals surface area contributed by atoms with Gasteiger partial charge in [0.2, 0.25) is 5.75 Å². The minimum Gasteiger partial charge on any atom is -0.493 e. The highest BCUT2D eigenvalue weighted by atomic mass is 16.5. The number of hydrogen-bond donors (Lipinski definition) is 4. The fourth-order valence-electron chi connectivity index (χ4n) is 2.99. The first-order valence-electron chi connectivity index (χ1n) is 9.54. The molecule has 0 saturated carbocycles. The second-order valence-electron chi connectivity index (χ2n) is 6.55. The second-order valence-corrected chi connectivity index (χ2v) is 6.55. The molecule has 1 aromatic heterocycles. The smallest absolute Gasteiger partial charge is 0.290 e. The van der Waals surface area contributed by atoms with Crippen LogP contribution in [-0.4, -0.2) is 55.8 Å². The number of hydrazine groups is 1. The highest BCUT2D eigenvalue weighted by Gasteiger charge is 2.18. The number of amides is 3. The molecule has 12 heteroatoms. The Kier molecular flexibility index (Phi) is 7.08. The monoisotopic (exact) mass is 455 g/mol. The second kappa shape index (κ2) is 10.1. The van der Waals surface area contributed by atoms with Crippen LogP contribution in [0.25, 0.3) is 10.8 Å². The molecule has 172 valence electrons. The van der Waals surface area contributed by atoms with Crippen LogP contribution >= 0.6 is 0 Å². The lowest BCUT2D eigenvalue weighted by Crippen LogP contribution is -2.46. The summed E-state index contributed by atoms with van der Waals surface area (Å²) in [5, 5.41) is 9.00. The van der Waals surface area contributed by atoms with Crippen molar-refractivity contribution in [3.63, 3.8) is 0 Å². The maximum absolute atomic E-state index is 12.4. The van der Waals surface area contributed by atoms with Crippen LogP contribution in [0.5, 0.6) is 17.2 Å². The van der Waals surface area contributed by atoms with E-state index in [1.165, 1.54) is 33.5 Å². The van der Waals surface area contributed by atoms with Crippen molar-refractivity contribution in [1.29, 1.82) is 0 Å². The number of methoxy groups -OCH3 is 3. The van der Waals surface area contributed by atoms with Crippen LogP contribution in [-0.2, 0) is 4.79 Å². The van der Waals surface area contributed by atoms with Crippen LogP contribution in [0.4, 0.5) is 0 Å². The fraction of sp³-hybridized carbons (Fsp3) is 0.190. The lowest BCUT2D eigenvalue weighted by atomic mass is 10.1. The van der Waals surface area contributed by atoms with Gasteiger partial charge in [0.1, 0.15) is 0 Å². The highest BCUT2D eigenvalue weighted by molar-refractivity contribution is 6.05. The van der Waals surface area contributed by atoms with E-state index in [9.17, 15) is 19.2 Å². The average molecular weight is 455 g/mol. The van der Waals surface area contributed by atoms with Gasteiger partial charge in [0, 0.05) is 10.9 Å². The summed E-state index contributed by atoms with van der Waals surface area (Å²) in [6, 6.07) is 9.28. The molecule has 0 fully saturated rings. The van der Waals surface area contributed by atoms with Crippen LogP contribution in [0.15, 0.2) is 41.2 Å². The molecule has 0 aliphatic carbocycles. The first-order chi connectivity index (χ1) is 15.9. The number of aromatic nitrogens is 2. The molecule has 1 heterocycles. The summed E-state index contributed by atoms with van der Waals surface area (Å²) in [5.41, 5.74) is 4.02. The van der Waals surface area contributed by atoms with Gasteiger partial charge in [-0.2, -0.15) is 5.10 Å². The Morgan fingerprint density at radius 3 is 2.15 bits per heavy atom. The molecule has 0 radical (unpaired) electrons. The Hall–Kier alpha value is -4.61. The van der Waals surface area contributed by atoms with Gasteiger partial charge >= 0.3 is 0 Å². The van der Waals surface area contributed by atoms with Gasteiger partial charge in [-0.25, -0.2) is 5.10 Å². The zero-order valence-corrected chi connectivity index (χ0v) is 18.0. The molecule has 0 aliphatic rings. The fourth-order valence-corrected chi connectivity index (χ4v) is 2.99. The Bertz CT molecular complexity index is 1250. The van der Waals surface area contributed by atoms with Crippen LogP contribution in [0.1, 0.15) is 20.8 Å². The Labute approximate surface area is 187 Å². The molecule has 0 spiro atoms. The number of rotatable bonds is 7. The molecule has 0 atom stereocenters. The van der Waals surface area contributed by atoms with Crippen molar-refractivity contribution in [2.75, 3.05) is 27.9 Å². The summed E-state index contributed by atoms with van der Waals surface area (Å²) in [6.45, 7) is -0.435. The third kappa shape index (κ3) is 5.01. The number of aromatic amines is 1. The van der Waals surface area contributed by atoms with Gasteiger partial charge in [-0.05, 0) is 18.2 Å². The van der Waals surface area contributed by atoms with E-state index in [0.29, 0.717) is 11.1 Å². The van der Waals surface area contributed by atoms with E-state index in [-0.39, 0.29) is 28.1 Å². The summed E-state index contributed by atoms with van der Waals surface area (Å²) in [6.07, 6.45) is 0. The number of benzene rings is 2. The predicted molar refractivity (Wildman–Crippen MR) is 116 cm³/mol. The molecule has 3 amide bonds. The number of carbonyl (C=O) groups is 3. The third-order valence-corrected chi connectivity index (χ3v) is 4.56. The van der Waals surface area contributed by atoms with Crippen molar-refractivity contribution >= 4 is 28.5 Å². The van der Waals surface area contributed by atoms with Crippen molar-refractivity contribution in [3.8, 4) is 17.2 Å². The summed E-state index contributed by atoms with van der Waals surface area (Å²) in [7, 11) is 4.26. The summed E-state index contributed by atoms with van der Waals surface area (Å²) in [4.78, 5) is 48.8. The molecular formula is C21H21N5O7. The van der Waals surface area contributed by atoms with Crippen LogP contribution in [0.2, 0.25) is 0 Å². The number of fused-ring (bicyclic) bond motifs is 1. The SMILES string of the molecule is COc1cc(C(=O)NCC(=O)NNC(=O)c2n[nH]c(=O)c3ccccc23)cc(OC)c1OC. The number of hydrogen-bond acceptors (Lipinski definition) is 8. The summed E-state index contributed by atoms with van der Waals surface area (Å²) in [5.74, 6) is -1.15. The van der Waals surface area contributed by atoms with E-state index in [2.05, 4.69) is 26.4 Å². The third-order valence-electron chi connectivity index (χ3n) is 4.56. The number of nitrogens with one attached hydrogen (secondary N) is 4. The van der Waals surface area contributed by atoms with Gasteiger partial charge in [-0.1, -0.05) is 18.2 Å². The lowest BCUT2D eigenvalue weighted by molar-refractivity contribution is -0.120. The number of nitrogens with zero attached hydrogens (tertiary/aromatic N) is 1. The Morgan fingerprint density at radius 2 is 1.55 bits per heavy atom. The minimum atomic E-state index is -0.744. The molecule has 0 unspecified atom stereocenters. The normalized spacial score (nSPS) is 10.3. The molecule has 4 N–H and O–H groups in total. The van der Waals surface area contributed by atoms with Gasteiger partial charge in [-0.3, -0.25) is 30.0 Å². The molecule has 2 aromatic carbocycles. The van der Waals surface area contributed by atoms with E-state index in [1.54, 1.807) is 24.3 Å². The minimum absolute atomic E-state index is 0.0769. The van der Waals surface area contributed by atoms with E-state index in [0.717, 1.165) is 0 Å². The summed E-state index contributed by atoms with van der Waals surface area (Å²) >= 11 is 0. The molecule has 0 bridgehead atoms. The van der Waals surface area contributed by atoms with Crippen molar-refractivity contribution in [2.24, 2.45) is 0 Å². The maximum Gasteiger partial charge on any atom is 0.290 e. The van der Waals surface area contributed by atoms with Crippen LogP contribution in [0.3, 0.4) is 0 Å². The topological polar surface area (TPSA) is 161 Å². The van der Waals surface area contributed by atoms with Crippen molar-refractivity contribution < 1.29 is 28.6 Å². The van der Waals surface area contributed by atoms with Gasteiger partial charge < -0.3 is 19.5 Å². The quantitative estimate of drug-likeness (QED) is 0.366. The van der Waals surface area contributed by atoms with E-state index in [4.69, 9.17) is 14.2 Å². The number of ether oxygens (including phenoxy) is 3. The van der Waals surface area contributed by atoms with E-state index >= 15 is 0 Å². The zero-order chi connectivity index (χ0) is 24.0. The predicted octanol–water partition coefficient (Wildman–Crippen LogP) is 0.140. The molecule has 12 nitrogen and oxygen atoms in total. The van der Waals surface area contributed by atoms with Gasteiger partial charge in [-0.15, -0.1) is 0 Å². The van der Waals surface area contributed by atoms with E-state index in [1.807, 2.05) is 0 Å². The highest BCUT2D eigenvalue weighted by Crippen LogP contribution is 2.38. The molecular weight excluding hydrogens is 434 g/mol. The molecule has 0 aliphatic heterocycles.